The van der Waals surface area contributed by atoms with Gasteiger partial charge in [0.2, 0.25) is 5.91 Å². The highest BCUT2D eigenvalue weighted by Crippen LogP contribution is 2.13. The first-order valence-corrected chi connectivity index (χ1v) is 9.74. The molecule has 0 saturated heterocycles. The standard InChI is InChI=1S/C22H29N3O4/c1-17-13-18(2)15-20(14-17)23-22(27)25-28-12-8-4-7-11-21(26)24-29-16-19-9-5-3-6-10-19/h3,5-6,9-10,13-15H,4,7-8,11-12,16H2,1-2H3,(H,24,26)(H2,23,25,27). The molecule has 7 nitrogen and oxygen atoms in total. The number of unbranched alkanes of at least 4 members (excludes halogenated alkanes) is 2. The number of hydroxylamine groups is 2. The van der Waals surface area contributed by atoms with Gasteiger partial charge in [-0.2, -0.15) is 0 Å². The zero-order valence-electron chi connectivity index (χ0n) is 17.0. The van der Waals surface area contributed by atoms with Gasteiger partial charge in [0.05, 0.1) is 13.2 Å². The lowest BCUT2D eigenvalue weighted by molar-refractivity contribution is -0.134. The lowest BCUT2D eigenvalue weighted by Crippen LogP contribution is -2.29. The molecule has 0 aliphatic rings. The summed E-state index contributed by atoms with van der Waals surface area (Å²) in [5.41, 5.74) is 8.69. The molecule has 156 valence electrons. The number of nitrogens with one attached hydrogen (secondary N) is 3. The number of rotatable bonds is 11. The molecular weight excluding hydrogens is 370 g/mol. The van der Waals surface area contributed by atoms with Gasteiger partial charge in [0.25, 0.3) is 0 Å². The van der Waals surface area contributed by atoms with Crippen molar-refractivity contribution in [3.63, 3.8) is 0 Å². The molecule has 3 N–H and O–H groups in total. The van der Waals surface area contributed by atoms with Crippen LogP contribution in [0, 0.1) is 13.8 Å². The summed E-state index contributed by atoms with van der Waals surface area (Å²) in [5, 5.41) is 2.73. The van der Waals surface area contributed by atoms with Crippen molar-refractivity contribution in [3.05, 3.63) is 65.2 Å². The molecule has 3 amide bonds. The second kappa shape index (κ2) is 12.5. The normalized spacial score (nSPS) is 10.4. The molecule has 2 aromatic rings. The van der Waals surface area contributed by atoms with Gasteiger partial charge in [0.15, 0.2) is 0 Å². The minimum absolute atomic E-state index is 0.146. The fourth-order valence-electron chi connectivity index (χ4n) is 2.78. The van der Waals surface area contributed by atoms with Gasteiger partial charge >= 0.3 is 6.03 Å². The van der Waals surface area contributed by atoms with Gasteiger partial charge in [-0.3, -0.25) is 14.5 Å². The molecule has 0 aliphatic heterocycles. The third-order valence-corrected chi connectivity index (χ3v) is 4.06. The van der Waals surface area contributed by atoms with E-state index in [9.17, 15) is 9.59 Å². The van der Waals surface area contributed by atoms with E-state index in [0.29, 0.717) is 19.6 Å². The Morgan fingerprint density at radius 3 is 2.31 bits per heavy atom. The highest BCUT2D eigenvalue weighted by atomic mass is 16.7. The Morgan fingerprint density at radius 1 is 0.862 bits per heavy atom. The highest BCUT2D eigenvalue weighted by Gasteiger charge is 2.04. The van der Waals surface area contributed by atoms with Gasteiger partial charge < -0.3 is 5.32 Å². The molecule has 0 fully saturated rings. The van der Waals surface area contributed by atoms with Crippen molar-refractivity contribution in [3.8, 4) is 0 Å². The summed E-state index contributed by atoms with van der Waals surface area (Å²) in [6, 6.07) is 15.0. The Balaban J connectivity index is 1.46. The Hall–Kier alpha value is -2.90. The summed E-state index contributed by atoms with van der Waals surface area (Å²) in [4.78, 5) is 33.9. The summed E-state index contributed by atoms with van der Waals surface area (Å²) in [7, 11) is 0. The van der Waals surface area contributed by atoms with Crippen molar-refractivity contribution >= 4 is 17.6 Å². The van der Waals surface area contributed by atoms with Crippen molar-refractivity contribution in [1.82, 2.24) is 11.0 Å². The first kappa shape index (κ1) is 22.4. The first-order valence-electron chi connectivity index (χ1n) is 9.74. The van der Waals surface area contributed by atoms with Crippen LogP contribution in [0.3, 0.4) is 0 Å². The monoisotopic (exact) mass is 399 g/mol. The number of anilines is 1. The third-order valence-electron chi connectivity index (χ3n) is 4.06. The van der Waals surface area contributed by atoms with Crippen LogP contribution in [0.15, 0.2) is 48.5 Å². The maximum absolute atomic E-state index is 11.8. The summed E-state index contributed by atoms with van der Waals surface area (Å²) in [5.74, 6) is -0.146. The Morgan fingerprint density at radius 2 is 1.59 bits per heavy atom. The molecular formula is C22H29N3O4. The molecule has 0 saturated carbocycles. The molecule has 0 unspecified atom stereocenters. The number of carbonyl (C=O) groups excluding carboxylic acids is 2. The zero-order valence-corrected chi connectivity index (χ0v) is 17.0. The van der Waals surface area contributed by atoms with Gasteiger partial charge in [-0.05, 0) is 55.5 Å². The number of aryl methyl sites for hydroxylation is 2. The van der Waals surface area contributed by atoms with E-state index in [0.717, 1.165) is 41.6 Å². The average molecular weight is 399 g/mol. The molecule has 29 heavy (non-hydrogen) atoms. The molecule has 0 radical (unpaired) electrons. The van der Waals surface area contributed by atoms with E-state index in [1.54, 1.807) is 0 Å². The van der Waals surface area contributed by atoms with Gasteiger partial charge in [-0.25, -0.2) is 15.8 Å². The lowest BCUT2D eigenvalue weighted by atomic mass is 10.1. The minimum Gasteiger partial charge on any atom is -0.306 e. The number of amides is 3. The van der Waals surface area contributed by atoms with E-state index in [4.69, 9.17) is 9.68 Å². The van der Waals surface area contributed by atoms with E-state index in [2.05, 4.69) is 16.3 Å². The number of carbonyl (C=O) groups is 2. The Labute approximate surface area is 171 Å². The maximum Gasteiger partial charge on any atom is 0.343 e. The molecule has 0 atom stereocenters. The van der Waals surface area contributed by atoms with Crippen LogP contribution in [0.1, 0.15) is 42.4 Å². The molecule has 0 heterocycles. The van der Waals surface area contributed by atoms with Crippen LogP contribution < -0.4 is 16.3 Å². The van der Waals surface area contributed by atoms with Crippen LogP contribution in [0.2, 0.25) is 0 Å². The smallest absolute Gasteiger partial charge is 0.306 e. The van der Waals surface area contributed by atoms with Crippen molar-refractivity contribution in [1.29, 1.82) is 0 Å². The first-order chi connectivity index (χ1) is 14.0. The zero-order chi connectivity index (χ0) is 20.9. The van der Waals surface area contributed by atoms with Crippen molar-refractivity contribution in [2.24, 2.45) is 0 Å². The molecule has 2 rings (SSSR count). The maximum atomic E-state index is 11.8. The average Bonchev–Trinajstić information content (AvgIpc) is 2.67. The molecule has 0 aliphatic carbocycles. The second-order valence-corrected chi connectivity index (χ2v) is 6.89. The Bertz CT molecular complexity index is 761. The topological polar surface area (TPSA) is 88.7 Å². The summed E-state index contributed by atoms with van der Waals surface area (Å²) < 4.78 is 0. The summed E-state index contributed by atoms with van der Waals surface area (Å²) in [6.45, 7) is 4.67. The molecule has 7 heteroatoms. The van der Waals surface area contributed by atoms with Crippen LogP contribution in [0.5, 0.6) is 0 Å². The summed E-state index contributed by atoms with van der Waals surface area (Å²) in [6.07, 6.45) is 2.66. The number of urea groups is 1. The second-order valence-electron chi connectivity index (χ2n) is 6.89. The van der Waals surface area contributed by atoms with Crippen molar-refractivity contribution < 1.29 is 19.3 Å². The SMILES string of the molecule is Cc1cc(C)cc(NC(=O)NOCCCCCC(=O)NOCc2ccccc2)c1. The van der Waals surface area contributed by atoms with Crippen molar-refractivity contribution in [2.75, 3.05) is 11.9 Å². The molecule has 0 spiro atoms. The van der Waals surface area contributed by atoms with E-state index in [-0.39, 0.29) is 5.91 Å². The van der Waals surface area contributed by atoms with Crippen LogP contribution in [-0.2, 0) is 21.1 Å². The molecule has 2 aromatic carbocycles. The highest BCUT2D eigenvalue weighted by molar-refractivity contribution is 5.88. The third kappa shape index (κ3) is 9.73. The van der Waals surface area contributed by atoms with E-state index in [1.165, 1.54) is 0 Å². The van der Waals surface area contributed by atoms with Crippen LogP contribution in [-0.4, -0.2) is 18.5 Å². The van der Waals surface area contributed by atoms with Crippen molar-refractivity contribution in [2.45, 2.75) is 46.1 Å². The minimum atomic E-state index is -0.412. The molecule has 0 aromatic heterocycles. The van der Waals surface area contributed by atoms with Crippen LogP contribution in [0.25, 0.3) is 0 Å². The predicted octanol–water partition coefficient (Wildman–Crippen LogP) is 4.16. The van der Waals surface area contributed by atoms with Gasteiger partial charge in [-0.15, -0.1) is 0 Å². The van der Waals surface area contributed by atoms with E-state index < -0.39 is 6.03 Å². The fraction of sp³-hybridized carbons (Fsp3) is 0.364. The number of benzene rings is 2. The van der Waals surface area contributed by atoms with Gasteiger partial charge in [-0.1, -0.05) is 42.8 Å². The quantitative estimate of drug-likeness (QED) is 0.391. The van der Waals surface area contributed by atoms with Crippen LogP contribution >= 0.6 is 0 Å². The molecule has 0 bridgehead atoms. The fourth-order valence-corrected chi connectivity index (χ4v) is 2.78. The number of hydrogen-bond acceptors (Lipinski definition) is 4. The van der Waals surface area contributed by atoms with Gasteiger partial charge in [0, 0.05) is 12.1 Å². The number of hydrogen-bond donors (Lipinski definition) is 3. The largest absolute Gasteiger partial charge is 0.343 e. The Kier molecular flexibility index (Phi) is 9.68. The van der Waals surface area contributed by atoms with Crippen LogP contribution in [0.4, 0.5) is 10.5 Å². The van der Waals surface area contributed by atoms with E-state index in [1.807, 2.05) is 62.4 Å². The van der Waals surface area contributed by atoms with E-state index >= 15 is 0 Å². The lowest BCUT2D eigenvalue weighted by Gasteiger charge is -2.09. The predicted molar refractivity (Wildman–Crippen MR) is 112 cm³/mol. The summed E-state index contributed by atoms with van der Waals surface area (Å²) >= 11 is 0. The van der Waals surface area contributed by atoms with Gasteiger partial charge in [0.1, 0.15) is 0 Å².